The van der Waals surface area contributed by atoms with Crippen LogP contribution in [-0.4, -0.2) is 18.2 Å². The van der Waals surface area contributed by atoms with Gasteiger partial charge in [-0.1, -0.05) is 32.9 Å². The maximum Gasteiger partial charge on any atom is 0.340 e. The fourth-order valence-electron chi connectivity index (χ4n) is 2.37. The van der Waals surface area contributed by atoms with E-state index in [0.29, 0.717) is 21.6 Å². The Balaban J connectivity index is 2.07. The maximum atomic E-state index is 11.9. The van der Waals surface area contributed by atoms with Crippen molar-refractivity contribution >= 4 is 45.3 Å². The molecule has 6 heteroatoms. The van der Waals surface area contributed by atoms with E-state index in [1.165, 1.54) is 24.0 Å². The third-order valence-corrected chi connectivity index (χ3v) is 5.51. The third kappa shape index (κ3) is 5.03. The number of hydrogen-bond acceptors (Lipinski definition) is 4. The van der Waals surface area contributed by atoms with E-state index in [4.69, 9.17) is 17.0 Å². The molecule has 0 radical (unpaired) electrons. The fraction of sp³-hybridized carbons (Fsp3) is 0.368. The molecule has 134 valence electrons. The summed E-state index contributed by atoms with van der Waals surface area (Å²) in [5, 5.41) is 7.43. The zero-order valence-corrected chi connectivity index (χ0v) is 16.6. The van der Waals surface area contributed by atoms with Gasteiger partial charge in [-0.3, -0.25) is 0 Å². The number of thiocarbonyl (C=S) groups is 1. The first-order chi connectivity index (χ1) is 12.0. The molecule has 0 fully saturated rings. The van der Waals surface area contributed by atoms with Gasteiger partial charge in [-0.25, -0.2) is 4.79 Å². The highest BCUT2D eigenvalue weighted by Crippen LogP contribution is 2.29. The molecule has 0 unspecified atom stereocenters. The van der Waals surface area contributed by atoms with Gasteiger partial charge in [-0.2, -0.15) is 0 Å². The van der Waals surface area contributed by atoms with Crippen LogP contribution in [0.5, 0.6) is 0 Å². The minimum absolute atomic E-state index is 0.362. The Labute approximate surface area is 158 Å². The second-order valence-electron chi connectivity index (χ2n) is 5.81. The Hall–Kier alpha value is -1.92. The van der Waals surface area contributed by atoms with E-state index in [2.05, 4.69) is 36.6 Å². The van der Waals surface area contributed by atoms with Crippen molar-refractivity contribution in [2.24, 2.45) is 0 Å². The summed E-state index contributed by atoms with van der Waals surface area (Å²) < 4.78 is 4.84. The Morgan fingerprint density at radius 2 is 1.92 bits per heavy atom. The van der Waals surface area contributed by atoms with E-state index in [1.54, 1.807) is 0 Å². The van der Waals surface area contributed by atoms with Gasteiger partial charge in [0.2, 0.25) is 0 Å². The van der Waals surface area contributed by atoms with Gasteiger partial charge in [0.05, 0.1) is 12.7 Å². The van der Waals surface area contributed by atoms with Gasteiger partial charge < -0.3 is 15.4 Å². The number of anilines is 2. The summed E-state index contributed by atoms with van der Waals surface area (Å²) in [5.74, 6) is 0.180. The quantitative estimate of drug-likeness (QED) is 0.521. The molecule has 1 aromatic heterocycles. The minimum Gasteiger partial charge on any atom is -0.465 e. The minimum atomic E-state index is -0.362. The molecule has 2 N–H and O–H groups in total. The SMILES string of the molecule is CCc1cc(C(=O)OC)c(NC(=S)Nc2ccc([C@@H](C)CC)cc2)s1. The number of ether oxygens (including phenoxy) is 1. The molecular formula is C19H24N2O2S2. The number of aryl methyl sites for hydroxylation is 1. The second kappa shape index (κ2) is 8.97. The maximum absolute atomic E-state index is 11.9. The molecule has 1 heterocycles. The van der Waals surface area contributed by atoms with E-state index in [-0.39, 0.29) is 5.97 Å². The van der Waals surface area contributed by atoms with Crippen LogP contribution in [0.15, 0.2) is 30.3 Å². The van der Waals surface area contributed by atoms with Crippen molar-refractivity contribution in [2.45, 2.75) is 39.5 Å². The van der Waals surface area contributed by atoms with Gasteiger partial charge >= 0.3 is 5.97 Å². The molecule has 0 aliphatic carbocycles. The Bertz CT molecular complexity index is 738. The van der Waals surface area contributed by atoms with Gasteiger partial charge in [0.25, 0.3) is 0 Å². The van der Waals surface area contributed by atoms with Crippen LogP contribution in [-0.2, 0) is 11.2 Å². The highest BCUT2D eigenvalue weighted by atomic mass is 32.1. The number of carbonyl (C=O) groups is 1. The first-order valence-corrected chi connectivity index (χ1v) is 9.59. The Kier molecular flexibility index (Phi) is 6.96. The lowest BCUT2D eigenvalue weighted by Gasteiger charge is -2.12. The van der Waals surface area contributed by atoms with Crippen LogP contribution in [0.25, 0.3) is 0 Å². The summed E-state index contributed by atoms with van der Waals surface area (Å²) >= 11 is 6.90. The molecule has 2 rings (SSSR count). The lowest BCUT2D eigenvalue weighted by Crippen LogP contribution is -2.19. The lowest BCUT2D eigenvalue weighted by molar-refractivity contribution is 0.0602. The van der Waals surface area contributed by atoms with Crippen LogP contribution in [0.3, 0.4) is 0 Å². The van der Waals surface area contributed by atoms with E-state index in [9.17, 15) is 4.79 Å². The molecule has 25 heavy (non-hydrogen) atoms. The average Bonchev–Trinajstić information content (AvgIpc) is 3.03. The van der Waals surface area contributed by atoms with E-state index >= 15 is 0 Å². The molecule has 0 aliphatic heterocycles. The van der Waals surface area contributed by atoms with Crippen molar-refractivity contribution in [3.63, 3.8) is 0 Å². The van der Waals surface area contributed by atoms with Gasteiger partial charge in [0.1, 0.15) is 5.00 Å². The largest absolute Gasteiger partial charge is 0.465 e. The molecule has 1 aromatic carbocycles. The number of thiophene rings is 1. The average molecular weight is 377 g/mol. The standard InChI is InChI=1S/C19H24N2O2S2/c1-5-12(3)13-7-9-14(10-8-13)20-19(24)21-17-16(18(22)23-4)11-15(6-2)25-17/h7-12H,5-6H2,1-4H3,(H2,20,21,24)/t12-/m0/s1. The van der Waals surface area contributed by atoms with Crippen LogP contribution in [0.2, 0.25) is 0 Å². The van der Waals surface area contributed by atoms with Crippen LogP contribution in [0.1, 0.15) is 53.9 Å². The van der Waals surface area contributed by atoms with Crippen LogP contribution >= 0.6 is 23.6 Å². The highest BCUT2D eigenvalue weighted by Gasteiger charge is 2.17. The molecule has 0 aliphatic rings. The molecular weight excluding hydrogens is 352 g/mol. The fourth-order valence-corrected chi connectivity index (χ4v) is 3.64. The predicted octanol–water partition coefficient (Wildman–Crippen LogP) is 5.42. The van der Waals surface area contributed by atoms with E-state index < -0.39 is 0 Å². The zero-order valence-electron chi connectivity index (χ0n) is 15.0. The zero-order chi connectivity index (χ0) is 18.4. The molecule has 0 bridgehead atoms. The summed E-state index contributed by atoms with van der Waals surface area (Å²) in [7, 11) is 1.38. The molecule has 0 spiro atoms. The predicted molar refractivity (Wildman–Crippen MR) is 110 cm³/mol. The van der Waals surface area contributed by atoms with Crippen LogP contribution < -0.4 is 10.6 Å². The molecule has 1 atom stereocenters. The Morgan fingerprint density at radius 1 is 1.24 bits per heavy atom. The number of nitrogens with one attached hydrogen (secondary N) is 2. The summed E-state index contributed by atoms with van der Waals surface area (Å²) in [5.41, 5.74) is 2.74. The lowest BCUT2D eigenvalue weighted by atomic mass is 9.99. The van der Waals surface area contributed by atoms with E-state index in [1.807, 2.05) is 25.1 Å². The topological polar surface area (TPSA) is 50.4 Å². The number of benzene rings is 1. The highest BCUT2D eigenvalue weighted by molar-refractivity contribution is 7.80. The first-order valence-electron chi connectivity index (χ1n) is 8.37. The van der Waals surface area contributed by atoms with Crippen molar-refractivity contribution in [1.82, 2.24) is 0 Å². The number of esters is 1. The number of methoxy groups -OCH3 is 1. The number of carbonyl (C=O) groups excluding carboxylic acids is 1. The normalized spacial score (nSPS) is 11.7. The third-order valence-electron chi connectivity index (χ3n) is 4.11. The summed E-state index contributed by atoms with van der Waals surface area (Å²) in [6, 6.07) is 10.1. The molecule has 4 nitrogen and oxygen atoms in total. The van der Waals surface area contributed by atoms with E-state index in [0.717, 1.165) is 23.4 Å². The van der Waals surface area contributed by atoms with Crippen molar-refractivity contribution in [1.29, 1.82) is 0 Å². The number of hydrogen-bond donors (Lipinski definition) is 2. The van der Waals surface area contributed by atoms with Gasteiger partial charge in [0, 0.05) is 10.6 Å². The molecule has 0 saturated heterocycles. The monoisotopic (exact) mass is 376 g/mol. The van der Waals surface area contributed by atoms with Gasteiger partial charge in [-0.05, 0) is 54.7 Å². The van der Waals surface area contributed by atoms with Crippen LogP contribution in [0, 0.1) is 0 Å². The molecule has 0 saturated carbocycles. The summed E-state index contributed by atoms with van der Waals surface area (Å²) in [4.78, 5) is 13.0. The molecule has 2 aromatic rings. The molecule has 0 amide bonds. The Morgan fingerprint density at radius 3 is 2.48 bits per heavy atom. The second-order valence-corrected chi connectivity index (χ2v) is 7.36. The summed E-state index contributed by atoms with van der Waals surface area (Å²) in [6.07, 6.45) is 1.97. The van der Waals surface area contributed by atoms with Gasteiger partial charge in [0.15, 0.2) is 5.11 Å². The van der Waals surface area contributed by atoms with Crippen molar-refractivity contribution in [2.75, 3.05) is 17.7 Å². The van der Waals surface area contributed by atoms with Crippen molar-refractivity contribution < 1.29 is 9.53 Å². The van der Waals surface area contributed by atoms with Crippen molar-refractivity contribution in [3.05, 3.63) is 46.3 Å². The smallest absolute Gasteiger partial charge is 0.340 e. The van der Waals surface area contributed by atoms with Crippen LogP contribution in [0.4, 0.5) is 10.7 Å². The summed E-state index contributed by atoms with van der Waals surface area (Å²) in [6.45, 7) is 6.44. The van der Waals surface area contributed by atoms with Gasteiger partial charge in [-0.15, -0.1) is 11.3 Å². The van der Waals surface area contributed by atoms with Crippen molar-refractivity contribution in [3.8, 4) is 0 Å². The number of rotatable bonds is 6. The first kappa shape index (κ1) is 19.4.